The molecule has 0 aromatic carbocycles. The maximum atomic E-state index is 12.1. The lowest BCUT2D eigenvalue weighted by Crippen LogP contribution is -1.96. The molecule has 0 aliphatic heterocycles. The van der Waals surface area contributed by atoms with E-state index in [1.165, 1.54) is 5.57 Å². The molecule has 0 aliphatic rings. The molecule has 3 nitrogen and oxygen atoms in total. The highest BCUT2D eigenvalue weighted by Gasteiger charge is 2.19. The van der Waals surface area contributed by atoms with Gasteiger partial charge in [-0.15, -0.1) is 0 Å². The maximum absolute atomic E-state index is 12.1. The van der Waals surface area contributed by atoms with E-state index in [-0.39, 0.29) is 5.78 Å². The SMILES string of the molecule is C/C=C\C(=C/C=C(C)C)c1nn2c(Cl)cccc2c1C(C)=O. The quantitative estimate of drug-likeness (QED) is 0.446. The van der Waals surface area contributed by atoms with Gasteiger partial charge in [-0.25, -0.2) is 4.52 Å². The van der Waals surface area contributed by atoms with Crippen molar-refractivity contribution in [1.82, 2.24) is 9.61 Å². The largest absolute Gasteiger partial charge is 0.294 e. The zero-order valence-corrected chi connectivity index (χ0v) is 14.0. The molecule has 0 amide bonds. The number of allylic oxidation sites excluding steroid dienone is 6. The molecule has 0 unspecified atom stereocenters. The number of fused-ring (bicyclic) bond motifs is 1. The number of rotatable bonds is 4. The summed E-state index contributed by atoms with van der Waals surface area (Å²) in [4.78, 5) is 12.1. The average Bonchev–Trinajstić information content (AvgIpc) is 2.84. The number of carbonyl (C=O) groups excluding carboxylic acids is 1. The molecule has 4 heteroatoms. The Morgan fingerprint density at radius 3 is 2.55 bits per heavy atom. The summed E-state index contributed by atoms with van der Waals surface area (Å²) in [6.07, 6.45) is 7.85. The smallest absolute Gasteiger partial charge is 0.164 e. The number of hydrogen-bond donors (Lipinski definition) is 0. The van der Waals surface area contributed by atoms with Gasteiger partial charge in [0, 0.05) is 5.57 Å². The predicted octanol–water partition coefficient (Wildman–Crippen LogP) is 5.12. The lowest BCUT2D eigenvalue weighted by Gasteiger charge is -2.00. The molecule has 2 aromatic rings. The highest BCUT2D eigenvalue weighted by atomic mass is 35.5. The fourth-order valence-corrected chi connectivity index (χ4v) is 2.44. The molecule has 0 radical (unpaired) electrons. The molecule has 0 aliphatic carbocycles. The number of aromatic nitrogens is 2. The highest BCUT2D eigenvalue weighted by Crippen LogP contribution is 2.26. The van der Waals surface area contributed by atoms with Gasteiger partial charge in [0.2, 0.25) is 0 Å². The topological polar surface area (TPSA) is 34.4 Å². The van der Waals surface area contributed by atoms with Gasteiger partial charge in [-0.3, -0.25) is 4.79 Å². The Balaban J connectivity index is 2.80. The van der Waals surface area contributed by atoms with Gasteiger partial charge in [0.25, 0.3) is 0 Å². The minimum atomic E-state index is -0.0279. The molecule has 2 heterocycles. The summed E-state index contributed by atoms with van der Waals surface area (Å²) in [7, 11) is 0. The van der Waals surface area contributed by atoms with E-state index in [2.05, 4.69) is 5.10 Å². The number of pyridine rings is 1. The lowest BCUT2D eigenvalue weighted by atomic mass is 10.0. The van der Waals surface area contributed by atoms with E-state index in [1.54, 1.807) is 17.5 Å². The van der Waals surface area contributed by atoms with Crippen molar-refractivity contribution in [3.05, 3.63) is 64.5 Å². The van der Waals surface area contributed by atoms with Gasteiger partial charge >= 0.3 is 0 Å². The van der Waals surface area contributed by atoms with Crippen molar-refractivity contribution in [3.63, 3.8) is 0 Å². The second-order valence-corrected chi connectivity index (χ2v) is 5.68. The van der Waals surface area contributed by atoms with Crippen molar-refractivity contribution in [2.24, 2.45) is 0 Å². The van der Waals surface area contributed by atoms with Crippen LogP contribution in [-0.2, 0) is 0 Å². The Kier molecular flexibility index (Phi) is 4.99. The third kappa shape index (κ3) is 3.20. The van der Waals surface area contributed by atoms with E-state index in [1.807, 2.05) is 57.2 Å². The highest BCUT2D eigenvalue weighted by molar-refractivity contribution is 6.29. The fraction of sp³-hybridized carbons (Fsp3) is 0.222. The lowest BCUT2D eigenvalue weighted by molar-refractivity contribution is 0.101. The Morgan fingerprint density at radius 2 is 1.95 bits per heavy atom. The van der Waals surface area contributed by atoms with Crippen LogP contribution in [-0.4, -0.2) is 15.4 Å². The van der Waals surface area contributed by atoms with Crippen LogP contribution in [0.25, 0.3) is 11.1 Å². The summed E-state index contributed by atoms with van der Waals surface area (Å²) < 4.78 is 1.60. The number of hydrogen-bond acceptors (Lipinski definition) is 2. The zero-order chi connectivity index (χ0) is 16.3. The van der Waals surface area contributed by atoms with Crippen LogP contribution in [0.3, 0.4) is 0 Å². The van der Waals surface area contributed by atoms with Crippen LogP contribution in [0.4, 0.5) is 0 Å². The van der Waals surface area contributed by atoms with Crippen LogP contribution in [0.2, 0.25) is 5.15 Å². The van der Waals surface area contributed by atoms with E-state index in [0.29, 0.717) is 16.4 Å². The van der Waals surface area contributed by atoms with E-state index < -0.39 is 0 Å². The van der Waals surface area contributed by atoms with Gasteiger partial charge in [-0.1, -0.05) is 47.5 Å². The first-order valence-corrected chi connectivity index (χ1v) is 7.50. The van der Waals surface area contributed by atoms with E-state index in [9.17, 15) is 4.79 Å². The Hall–Kier alpha value is -2.13. The maximum Gasteiger partial charge on any atom is 0.164 e. The summed E-state index contributed by atoms with van der Waals surface area (Å²) in [6.45, 7) is 7.54. The van der Waals surface area contributed by atoms with Gasteiger partial charge in [-0.2, -0.15) is 5.10 Å². The van der Waals surface area contributed by atoms with Crippen molar-refractivity contribution in [2.45, 2.75) is 27.7 Å². The minimum absolute atomic E-state index is 0.0279. The summed E-state index contributed by atoms with van der Waals surface area (Å²) in [6, 6.07) is 5.43. The number of nitrogens with zero attached hydrogens (tertiary/aromatic N) is 2. The van der Waals surface area contributed by atoms with Crippen LogP contribution >= 0.6 is 11.6 Å². The molecule has 0 saturated heterocycles. The monoisotopic (exact) mass is 314 g/mol. The van der Waals surface area contributed by atoms with Crippen LogP contribution < -0.4 is 0 Å². The summed E-state index contributed by atoms with van der Waals surface area (Å²) in [5.74, 6) is -0.0279. The van der Waals surface area contributed by atoms with E-state index >= 15 is 0 Å². The third-order valence-electron chi connectivity index (χ3n) is 3.18. The number of Topliss-reactive ketones (excluding diaryl/α,β-unsaturated/α-hetero) is 1. The molecule has 0 fully saturated rings. The van der Waals surface area contributed by atoms with Gasteiger partial charge in [0.05, 0.1) is 11.1 Å². The first-order valence-electron chi connectivity index (χ1n) is 7.12. The van der Waals surface area contributed by atoms with Crippen molar-refractivity contribution in [1.29, 1.82) is 0 Å². The fourth-order valence-electron chi connectivity index (χ4n) is 2.24. The van der Waals surface area contributed by atoms with E-state index in [0.717, 1.165) is 11.1 Å². The zero-order valence-electron chi connectivity index (χ0n) is 13.2. The second kappa shape index (κ2) is 6.75. The molecule has 0 N–H and O–H groups in total. The first kappa shape index (κ1) is 16.2. The molecule has 0 spiro atoms. The molecule has 22 heavy (non-hydrogen) atoms. The van der Waals surface area contributed by atoms with Crippen molar-refractivity contribution in [2.75, 3.05) is 0 Å². The van der Waals surface area contributed by atoms with Crippen molar-refractivity contribution >= 4 is 28.5 Å². The minimum Gasteiger partial charge on any atom is -0.294 e. The number of carbonyl (C=O) groups is 1. The number of ketones is 1. The first-order chi connectivity index (χ1) is 10.5. The van der Waals surface area contributed by atoms with Crippen LogP contribution in [0.1, 0.15) is 43.7 Å². The van der Waals surface area contributed by atoms with Crippen LogP contribution in [0.5, 0.6) is 0 Å². The predicted molar refractivity (Wildman–Crippen MR) is 92.4 cm³/mol. The molecule has 0 saturated carbocycles. The van der Waals surface area contributed by atoms with Crippen molar-refractivity contribution in [3.8, 4) is 0 Å². The molecule has 2 aromatic heterocycles. The standard InChI is InChI=1S/C18H19ClN2O/c1-5-7-14(11-10-12(2)3)18-17(13(4)22)15-8-6-9-16(19)21(15)20-18/h5-11H,1-4H3/b7-5-,14-11+. The Bertz CT molecular complexity index is 806. The molecule has 114 valence electrons. The second-order valence-electron chi connectivity index (χ2n) is 5.29. The summed E-state index contributed by atoms with van der Waals surface area (Å²) in [5, 5.41) is 5.03. The van der Waals surface area contributed by atoms with Crippen molar-refractivity contribution < 1.29 is 4.79 Å². The van der Waals surface area contributed by atoms with Crippen LogP contribution in [0.15, 0.2) is 48.1 Å². The third-order valence-corrected chi connectivity index (χ3v) is 3.47. The van der Waals surface area contributed by atoms with Gasteiger partial charge in [0.15, 0.2) is 5.78 Å². The Morgan fingerprint density at radius 1 is 1.23 bits per heavy atom. The Labute approximate surface area is 135 Å². The van der Waals surface area contributed by atoms with Gasteiger partial charge in [-0.05, 0) is 39.8 Å². The molecular weight excluding hydrogens is 296 g/mol. The molecular formula is C18H19ClN2O. The normalized spacial score (nSPS) is 12.1. The van der Waals surface area contributed by atoms with E-state index in [4.69, 9.17) is 11.6 Å². The summed E-state index contributed by atoms with van der Waals surface area (Å²) in [5.41, 5.74) is 4.02. The summed E-state index contributed by atoms with van der Waals surface area (Å²) >= 11 is 6.20. The number of halogens is 1. The molecule has 0 bridgehead atoms. The van der Waals surface area contributed by atoms with Gasteiger partial charge in [0.1, 0.15) is 10.8 Å². The molecule has 0 atom stereocenters. The average molecular weight is 315 g/mol. The molecule has 2 rings (SSSR count). The van der Waals surface area contributed by atoms with Crippen LogP contribution in [0, 0.1) is 0 Å². The van der Waals surface area contributed by atoms with Gasteiger partial charge < -0.3 is 0 Å².